The van der Waals surface area contributed by atoms with Crippen LogP contribution in [0.5, 0.6) is 0 Å². The number of aromatic nitrogens is 3. The van der Waals surface area contributed by atoms with E-state index in [1.54, 1.807) is 37.4 Å². The molecule has 0 saturated heterocycles. The van der Waals surface area contributed by atoms with Crippen molar-refractivity contribution in [2.45, 2.75) is 25.3 Å². The van der Waals surface area contributed by atoms with E-state index >= 15 is 0 Å². The number of rotatable bonds is 7. The molecule has 0 unspecified atom stereocenters. The van der Waals surface area contributed by atoms with Gasteiger partial charge in [-0.2, -0.15) is 0 Å². The summed E-state index contributed by atoms with van der Waals surface area (Å²) in [6.45, 7) is 3.91. The number of hydrogen-bond acceptors (Lipinski definition) is 6. The molecule has 0 aliphatic carbocycles. The summed E-state index contributed by atoms with van der Waals surface area (Å²) in [7, 11) is -3.78. The minimum Gasteiger partial charge on any atom is -0.338 e. The van der Waals surface area contributed by atoms with Crippen LogP contribution in [0.3, 0.4) is 0 Å². The van der Waals surface area contributed by atoms with Crippen LogP contribution in [0.4, 0.5) is 11.5 Å². The van der Waals surface area contributed by atoms with Gasteiger partial charge in [-0.05, 0) is 49.2 Å². The van der Waals surface area contributed by atoms with E-state index < -0.39 is 10.0 Å². The minimum absolute atomic E-state index is 0.106. The molecule has 2 aromatic heterocycles. The van der Waals surface area contributed by atoms with Crippen LogP contribution in [0, 0.1) is 13.8 Å². The van der Waals surface area contributed by atoms with Gasteiger partial charge in [0.15, 0.2) is 5.82 Å². The number of fused-ring (bicyclic) bond motifs is 1. The number of anilines is 2. The third-order valence-electron chi connectivity index (χ3n) is 6.01. The molecule has 0 atom stereocenters. The molecule has 2 heterocycles. The number of para-hydroxylation sites is 1. The monoisotopic (exact) mass is 495 g/mol. The van der Waals surface area contributed by atoms with Crippen LogP contribution in [0.2, 0.25) is 0 Å². The second-order valence-electron chi connectivity index (χ2n) is 8.51. The average molecular weight is 496 g/mol. The fourth-order valence-electron chi connectivity index (χ4n) is 4.04. The fraction of sp³-hybridized carbons (Fsp3) is 0.107. The van der Waals surface area contributed by atoms with E-state index in [4.69, 9.17) is 0 Å². The Kier molecular flexibility index (Phi) is 6.45. The fourth-order valence-corrected chi connectivity index (χ4v) is 5.30. The molecule has 5 aromatic rings. The Bertz CT molecular complexity index is 1650. The highest BCUT2D eigenvalue weighted by atomic mass is 32.2. The SMILES string of the molecule is Cc1ccccc1Nc1nnc(-c2ccc(C)c(S(=O)(=O)NCc3ccccn3)c2)c2ccccc12. The molecule has 0 spiro atoms. The van der Waals surface area contributed by atoms with E-state index in [1.165, 1.54) is 0 Å². The average Bonchev–Trinajstić information content (AvgIpc) is 2.90. The van der Waals surface area contributed by atoms with Gasteiger partial charge in [0.1, 0.15) is 5.69 Å². The second-order valence-corrected chi connectivity index (χ2v) is 10.2. The van der Waals surface area contributed by atoms with Gasteiger partial charge in [0.2, 0.25) is 10.0 Å². The van der Waals surface area contributed by atoms with Crippen LogP contribution in [-0.4, -0.2) is 23.6 Å². The van der Waals surface area contributed by atoms with Crippen LogP contribution < -0.4 is 10.0 Å². The minimum atomic E-state index is -3.78. The summed E-state index contributed by atoms with van der Waals surface area (Å²) in [5.41, 5.74) is 4.62. The zero-order valence-corrected chi connectivity index (χ0v) is 20.8. The number of aryl methyl sites for hydroxylation is 2. The lowest BCUT2D eigenvalue weighted by Crippen LogP contribution is -2.24. The summed E-state index contributed by atoms with van der Waals surface area (Å²) < 4.78 is 29.0. The first kappa shape index (κ1) is 23.6. The molecule has 0 saturated carbocycles. The Morgan fingerprint density at radius 3 is 2.31 bits per heavy atom. The largest absolute Gasteiger partial charge is 0.338 e. The van der Waals surface area contributed by atoms with Gasteiger partial charge < -0.3 is 5.32 Å². The van der Waals surface area contributed by atoms with Gasteiger partial charge in [-0.15, -0.1) is 10.2 Å². The summed E-state index contributed by atoms with van der Waals surface area (Å²) >= 11 is 0. The molecule has 180 valence electrons. The zero-order valence-electron chi connectivity index (χ0n) is 19.9. The standard InChI is InChI=1S/C28H25N5O2S/c1-19-9-3-6-13-25(19)31-28-24-12-5-4-11-23(24)27(32-33-28)21-15-14-20(2)26(17-21)36(34,35)30-18-22-10-7-8-16-29-22/h3-17,30H,18H2,1-2H3,(H,31,33). The first-order valence-corrected chi connectivity index (χ1v) is 13.0. The van der Waals surface area contributed by atoms with E-state index in [2.05, 4.69) is 25.2 Å². The highest BCUT2D eigenvalue weighted by Gasteiger charge is 2.20. The predicted molar refractivity (Wildman–Crippen MR) is 142 cm³/mol. The van der Waals surface area contributed by atoms with Gasteiger partial charge in [-0.3, -0.25) is 4.98 Å². The molecule has 0 bridgehead atoms. The molecular weight excluding hydrogens is 470 g/mol. The van der Waals surface area contributed by atoms with Crippen molar-refractivity contribution in [2.75, 3.05) is 5.32 Å². The second kappa shape index (κ2) is 9.85. The topological polar surface area (TPSA) is 96.9 Å². The number of pyridine rings is 1. The number of nitrogens with zero attached hydrogens (tertiary/aromatic N) is 3. The Hall–Kier alpha value is -4.14. The lowest BCUT2D eigenvalue weighted by Gasteiger charge is -2.14. The molecule has 5 rings (SSSR count). The lowest BCUT2D eigenvalue weighted by atomic mass is 10.0. The maximum atomic E-state index is 13.2. The summed E-state index contributed by atoms with van der Waals surface area (Å²) in [6, 6.07) is 26.5. The first-order chi connectivity index (χ1) is 17.4. The van der Waals surface area contributed by atoms with E-state index in [1.807, 2.05) is 67.6 Å². The molecule has 2 N–H and O–H groups in total. The number of benzene rings is 3. The van der Waals surface area contributed by atoms with Crippen LogP contribution in [0.1, 0.15) is 16.8 Å². The summed E-state index contributed by atoms with van der Waals surface area (Å²) in [5, 5.41) is 14.1. The lowest BCUT2D eigenvalue weighted by molar-refractivity contribution is 0.580. The van der Waals surface area contributed by atoms with Crippen molar-refractivity contribution >= 4 is 32.3 Å². The van der Waals surface area contributed by atoms with E-state index in [9.17, 15) is 8.42 Å². The molecule has 36 heavy (non-hydrogen) atoms. The molecule has 0 fully saturated rings. The summed E-state index contributed by atoms with van der Waals surface area (Å²) in [5.74, 6) is 0.639. The maximum Gasteiger partial charge on any atom is 0.241 e. The van der Waals surface area contributed by atoms with Crippen LogP contribution in [0.15, 0.2) is 96.0 Å². The third-order valence-corrected chi connectivity index (χ3v) is 7.55. The Labute approximate surface area is 210 Å². The van der Waals surface area contributed by atoms with Gasteiger partial charge in [0.25, 0.3) is 0 Å². The van der Waals surface area contributed by atoms with Crippen molar-refractivity contribution in [2.24, 2.45) is 0 Å². The van der Waals surface area contributed by atoms with E-state index in [0.29, 0.717) is 28.3 Å². The smallest absolute Gasteiger partial charge is 0.241 e. The van der Waals surface area contributed by atoms with Crippen molar-refractivity contribution < 1.29 is 8.42 Å². The Morgan fingerprint density at radius 2 is 1.53 bits per heavy atom. The van der Waals surface area contributed by atoms with Crippen LogP contribution in [-0.2, 0) is 16.6 Å². The van der Waals surface area contributed by atoms with Crippen molar-refractivity contribution in [1.82, 2.24) is 19.9 Å². The van der Waals surface area contributed by atoms with Gasteiger partial charge in [-0.25, -0.2) is 13.1 Å². The third kappa shape index (κ3) is 4.82. The quantitative estimate of drug-likeness (QED) is 0.308. The van der Waals surface area contributed by atoms with E-state index in [0.717, 1.165) is 22.0 Å². The first-order valence-electron chi connectivity index (χ1n) is 11.5. The van der Waals surface area contributed by atoms with Gasteiger partial charge in [0.05, 0.1) is 17.1 Å². The molecule has 8 heteroatoms. The highest BCUT2D eigenvalue weighted by Crippen LogP contribution is 2.33. The number of sulfonamides is 1. The predicted octanol–water partition coefficient (Wildman–Crippen LogP) is 5.53. The normalized spacial score (nSPS) is 11.5. The van der Waals surface area contributed by atoms with Crippen molar-refractivity contribution in [3.63, 3.8) is 0 Å². The Balaban J connectivity index is 1.52. The Morgan fingerprint density at radius 1 is 0.778 bits per heavy atom. The van der Waals surface area contributed by atoms with Gasteiger partial charge in [0, 0.05) is 28.2 Å². The van der Waals surface area contributed by atoms with Gasteiger partial charge in [-0.1, -0.05) is 60.7 Å². The number of hydrogen-bond donors (Lipinski definition) is 2. The van der Waals surface area contributed by atoms with Crippen molar-refractivity contribution in [3.8, 4) is 11.3 Å². The molecule has 0 aliphatic heterocycles. The number of nitrogens with one attached hydrogen (secondary N) is 2. The summed E-state index contributed by atoms with van der Waals surface area (Å²) in [6.07, 6.45) is 1.64. The molecule has 7 nitrogen and oxygen atoms in total. The van der Waals surface area contributed by atoms with Crippen molar-refractivity contribution in [1.29, 1.82) is 0 Å². The highest BCUT2D eigenvalue weighted by molar-refractivity contribution is 7.89. The summed E-state index contributed by atoms with van der Waals surface area (Å²) in [4.78, 5) is 4.39. The van der Waals surface area contributed by atoms with Gasteiger partial charge >= 0.3 is 0 Å². The van der Waals surface area contributed by atoms with Crippen LogP contribution >= 0.6 is 0 Å². The molecule has 0 aliphatic rings. The maximum absolute atomic E-state index is 13.2. The van der Waals surface area contributed by atoms with Crippen molar-refractivity contribution in [3.05, 3.63) is 108 Å². The molecule has 0 amide bonds. The molecule has 3 aromatic carbocycles. The molecular formula is C28H25N5O2S. The van der Waals surface area contributed by atoms with Crippen LogP contribution in [0.25, 0.3) is 22.0 Å². The zero-order chi connectivity index (χ0) is 25.1. The molecule has 0 radical (unpaired) electrons. The van der Waals surface area contributed by atoms with E-state index in [-0.39, 0.29) is 11.4 Å².